The summed E-state index contributed by atoms with van der Waals surface area (Å²) in [6.45, 7) is 3.01. The van der Waals surface area contributed by atoms with Gasteiger partial charge < -0.3 is 20.1 Å². The van der Waals surface area contributed by atoms with Gasteiger partial charge in [-0.1, -0.05) is 0 Å². The number of anilines is 1. The molecule has 0 bridgehead atoms. The quantitative estimate of drug-likeness (QED) is 0.849. The number of rotatable bonds is 5. The van der Waals surface area contributed by atoms with Crippen LogP contribution >= 0.6 is 0 Å². The first kappa shape index (κ1) is 16.5. The monoisotopic (exact) mass is 306 g/mol. The van der Waals surface area contributed by atoms with Crippen molar-refractivity contribution in [2.24, 2.45) is 0 Å². The molecule has 0 saturated carbocycles. The number of ether oxygens (including phenoxy) is 2. The largest absolute Gasteiger partial charge is 0.493 e. The number of likely N-dealkylation sites (tertiary alicyclic amines) is 1. The Kier molecular flexibility index (Phi) is 5.52. The second kappa shape index (κ2) is 7.38. The maximum Gasteiger partial charge on any atom is 0.223 e. The van der Waals surface area contributed by atoms with Crippen LogP contribution in [0.4, 0.5) is 5.69 Å². The standard InChI is InChI=1S/C17H26N2O3/c1-12-6-4-5-9-19(12)16(20)8-7-13-10-14(18)17(22-3)15(11-13)21-2/h10-12H,4-9,18H2,1-3H3. The molecule has 22 heavy (non-hydrogen) atoms. The average molecular weight is 306 g/mol. The van der Waals surface area contributed by atoms with E-state index in [0.717, 1.165) is 24.9 Å². The summed E-state index contributed by atoms with van der Waals surface area (Å²) in [6.07, 6.45) is 4.59. The molecule has 1 aliphatic rings. The molecule has 0 spiro atoms. The maximum absolute atomic E-state index is 12.4. The van der Waals surface area contributed by atoms with Crippen LogP contribution in [-0.4, -0.2) is 37.6 Å². The Morgan fingerprint density at radius 2 is 2.09 bits per heavy atom. The summed E-state index contributed by atoms with van der Waals surface area (Å²) >= 11 is 0. The summed E-state index contributed by atoms with van der Waals surface area (Å²) in [5, 5.41) is 0. The van der Waals surface area contributed by atoms with Gasteiger partial charge in [0.2, 0.25) is 5.91 Å². The summed E-state index contributed by atoms with van der Waals surface area (Å²) in [4.78, 5) is 14.4. The van der Waals surface area contributed by atoms with Crippen molar-refractivity contribution in [1.82, 2.24) is 4.90 Å². The summed E-state index contributed by atoms with van der Waals surface area (Å²) < 4.78 is 10.5. The molecule has 5 heteroatoms. The minimum absolute atomic E-state index is 0.223. The second-order valence-electron chi connectivity index (χ2n) is 5.85. The number of hydrogen-bond donors (Lipinski definition) is 1. The molecule has 0 aliphatic carbocycles. The lowest BCUT2D eigenvalue weighted by atomic mass is 10.0. The fourth-order valence-electron chi connectivity index (χ4n) is 3.06. The first-order valence-corrected chi connectivity index (χ1v) is 7.86. The number of aryl methyl sites for hydroxylation is 1. The zero-order chi connectivity index (χ0) is 16.1. The number of benzene rings is 1. The maximum atomic E-state index is 12.4. The van der Waals surface area contributed by atoms with Gasteiger partial charge in [0.15, 0.2) is 11.5 Å². The molecule has 122 valence electrons. The van der Waals surface area contributed by atoms with Gasteiger partial charge in [-0.3, -0.25) is 4.79 Å². The van der Waals surface area contributed by atoms with Crippen LogP contribution in [0.1, 0.15) is 38.2 Å². The highest BCUT2D eigenvalue weighted by atomic mass is 16.5. The van der Waals surface area contributed by atoms with E-state index in [1.54, 1.807) is 14.2 Å². The molecule has 0 aromatic heterocycles. The SMILES string of the molecule is COc1cc(CCC(=O)N2CCCCC2C)cc(N)c1OC. The second-order valence-corrected chi connectivity index (χ2v) is 5.85. The first-order chi connectivity index (χ1) is 10.6. The molecule has 5 nitrogen and oxygen atoms in total. The molecule has 1 heterocycles. The highest BCUT2D eigenvalue weighted by molar-refractivity contribution is 5.77. The van der Waals surface area contributed by atoms with Crippen molar-refractivity contribution in [3.05, 3.63) is 17.7 Å². The normalized spacial score (nSPS) is 18.1. The summed E-state index contributed by atoms with van der Waals surface area (Å²) in [7, 11) is 3.15. The van der Waals surface area contributed by atoms with Crippen LogP contribution in [0.15, 0.2) is 12.1 Å². The van der Waals surface area contributed by atoms with Gasteiger partial charge in [-0.25, -0.2) is 0 Å². The lowest BCUT2D eigenvalue weighted by Crippen LogP contribution is -2.42. The third-order valence-corrected chi connectivity index (χ3v) is 4.32. The number of methoxy groups -OCH3 is 2. The van der Waals surface area contributed by atoms with Crippen LogP contribution in [0.3, 0.4) is 0 Å². The Hall–Kier alpha value is -1.91. The lowest BCUT2D eigenvalue weighted by Gasteiger charge is -2.33. The summed E-state index contributed by atoms with van der Waals surface area (Å²) in [5.74, 6) is 1.37. The number of nitrogens with zero attached hydrogens (tertiary/aromatic N) is 1. The van der Waals surface area contributed by atoms with Gasteiger partial charge in [-0.2, -0.15) is 0 Å². The molecule has 0 radical (unpaired) electrons. The summed E-state index contributed by atoms with van der Waals surface area (Å²) in [5.41, 5.74) is 7.51. The first-order valence-electron chi connectivity index (χ1n) is 7.86. The molecule has 1 fully saturated rings. The smallest absolute Gasteiger partial charge is 0.223 e. The Balaban J connectivity index is 2.02. The number of piperidine rings is 1. The van der Waals surface area contributed by atoms with Crippen molar-refractivity contribution in [1.29, 1.82) is 0 Å². The molecule has 1 unspecified atom stereocenters. The number of nitrogens with two attached hydrogens (primary N) is 1. The van der Waals surface area contributed by atoms with Crippen LogP contribution in [0, 0.1) is 0 Å². The van der Waals surface area contributed by atoms with Gasteiger partial charge >= 0.3 is 0 Å². The third kappa shape index (κ3) is 3.64. The van der Waals surface area contributed by atoms with Crippen molar-refractivity contribution in [3.63, 3.8) is 0 Å². The van der Waals surface area contributed by atoms with Gasteiger partial charge in [0.1, 0.15) is 0 Å². The zero-order valence-electron chi connectivity index (χ0n) is 13.7. The van der Waals surface area contributed by atoms with E-state index in [1.807, 2.05) is 17.0 Å². The molecule has 1 atom stereocenters. The number of carbonyl (C=O) groups is 1. The van der Waals surface area contributed by atoms with E-state index in [2.05, 4.69) is 6.92 Å². The van der Waals surface area contributed by atoms with E-state index in [1.165, 1.54) is 6.42 Å². The fourth-order valence-corrected chi connectivity index (χ4v) is 3.06. The Morgan fingerprint density at radius 3 is 2.73 bits per heavy atom. The molecule has 2 rings (SSSR count). The molecule has 1 amide bonds. The van der Waals surface area contributed by atoms with Gasteiger partial charge in [0, 0.05) is 19.0 Å². The summed E-state index contributed by atoms with van der Waals surface area (Å²) in [6, 6.07) is 4.10. The molecule has 1 saturated heterocycles. The Bertz CT molecular complexity index is 531. The van der Waals surface area contributed by atoms with Crippen LogP contribution in [0.5, 0.6) is 11.5 Å². The van der Waals surface area contributed by atoms with Gasteiger partial charge in [0.25, 0.3) is 0 Å². The average Bonchev–Trinajstić information content (AvgIpc) is 2.52. The van der Waals surface area contributed by atoms with E-state index in [-0.39, 0.29) is 5.91 Å². The van der Waals surface area contributed by atoms with Crippen LogP contribution in [-0.2, 0) is 11.2 Å². The van der Waals surface area contributed by atoms with E-state index < -0.39 is 0 Å². The predicted octanol–water partition coefficient (Wildman–Crippen LogP) is 2.62. The minimum atomic E-state index is 0.223. The molecule has 1 aliphatic heterocycles. The number of carbonyl (C=O) groups excluding carboxylic acids is 1. The molecule has 1 aromatic rings. The Morgan fingerprint density at radius 1 is 1.32 bits per heavy atom. The fraction of sp³-hybridized carbons (Fsp3) is 0.588. The topological polar surface area (TPSA) is 64.8 Å². The van der Waals surface area contributed by atoms with Crippen molar-refractivity contribution in [2.75, 3.05) is 26.5 Å². The highest BCUT2D eigenvalue weighted by Gasteiger charge is 2.22. The number of nitrogen functional groups attached to an aromatic ring is 1. The third-order valence-electron chi connectivity index (χ3n) is 4.32. The van der Waals surface area contributed by atoms with Crippen molar-refractivity contribution in [3.8, 4) is 11.5 Å². The predicted molar refractivity (Wildman–Crippen MR) is 87.3 cm³/mol. The molecular weight excluding hydrogens is 280 g/mol. The highest BCUT2D eigenvalue weighted by Crippen LogP contribution is 2.34. The van der Waals surface area contributed by atoms with Crippen molar-refractivity contribution in [2.45, 2.75) is 45.1 Å². The van der Waals surface area contributed by atoms with Crippen molar-refractivity contribution < 1.29 is 14.3 Å². The van der Waals surface area contributed by atoms with E-state index in [0.29, 0.717) is 36.1 Å². The molecule has 2 N–H and O–H groups in total. The van der Waals surface area contributed by atoms with Gasteiger partial charge in [0.05, 0.1) is 19.9 Å². The van der Waals surface area contributed by atoms with Crippen LogP contribution in [0.2, 0.25) is 0 Å². The number of amides is 1. The van der Waals surface area contributed by atoms with Crippen molar-refractivity contribution >= 4 is 11.6 Å². The van der Waals surface area contributed by atoms with Crippen LogP contribution in [0.25, 0.3) is 0 Å². The van der Waals surface area contributed by atoms with Crippen LogP contribution < -0.4 is 15.2 Å². The minimum Gasteiger partial charge on any atom is -0.493 e. The van der Waals surface area contributed by atoms with Gasteiger partial charge in [-0.15, -0.1) is 0 Å². The number of hydrogen-bond acceptors (Lipinski definition) is 4. The van der Waals surface area contributed by atoms with E-state index in [4.69, 9.17) is 15.2 Å². The lowest BCUT2D eigenvalue weighted by molar-refractivity contribution is -0.134. The van der Waals surface area contributed by atoms with E-state index in [9.17, 15) is 4.79 Å². The molecule has 1 aromatic carbocycles. The van der Waals surface area contributed by atoms with Gasteiger partial charge in [-0.05, 0) is 50.3 Å². The Labute approximate surface area is 132 Å². The molecular formula is C17H26N2O3. The van der Waals surface area contributed by atoms with E-state index >= 15 is 0 Å². The zero-order valence-corrected chi connectivity index (χ0v) is 13.7.